The molecule has 2 aromatic rings. The lowest BCUT2D eigenvalue weighted by Crippen LogP contribution is -2.34. The highest BCUT2D eigenvalue weighted by Gasteiger charge is 2.30. The summed E-state index contributed by atoms with van der Waals surface area (Å²) in [5.41, 5.74) is 4.50. The molecule has 2 amide bonds. The van der Waals surface area contributed by atoms with Gasteiger partial charge in [-0.2, -0.15) is 0 Å². The number of hydrogen-bond donors (Lipinski definition) is 3. The van der Waals surface area contributed by atoms with Crippen LogP contribution in [0.5, 0.6) is 5.75 Å². The number of amides is 2. The number of carbonyl (C=O) groups is 2. The average Bonchev–Trinajstić information content (AvgIpc) is 3.08. The standard InChI is InChI=1S/C24H27FN4O5/c1-24(2,32)6-3-15-11-16-18(12-17(15)25)34-10-7-29-20(19(21(26)30)28-22(16)29)23(31)27-13-14-4-8-33-9-5-14/h11-12,14,32H,4-5,7-10,13H2,1-2H3,(H2,26,30)(H,27,31). The Morgan fingerprint density at radius 3 is 2.74 bits per heavy atom. The van der Waals surface area contributed by atoms with E-state index in [9.17, 15) is 19.1 Å². The van der Waals surface area contributed by atoms with Crippen molar-refractivity contribution in [3.05, 3.63) is 34.9 Å². The predicted octanol–water partition coefficient (Wildman–Crippen LogP) is 1.46. The molecule has 0 saturated carbocycles. The van der Waals surface area contributed by atoms with Crippen molar-refractivity contribution in [2.75, 3.05) is 26.4 Å². The second kappa shape index (κ2) is 9.44. The van der Waals surface area contributed by atoms with Gasteiger partial charge >= 0.3 is 0 Å². The van der Waals surface area contributed by atoms with Crippen LogP contribution >= 0.6 is 0 Å². The highest BCUT2D eigenvalue weighted by Crippen LogP contribution is 2.35. The molecule has 2 aliphatic rings. The molecule has 0 radical (unpaired) electrons. The summed E-state index contributed by atoms with van der Waals surface area (Å²) < 4.78 is 27.3. The molecule has 10 heteroatoms. The maximum absolute atomic E-state index is 14.6. The average molecular weight is 471 g/mol. The number of benzene rings is 1. The fourth-order valence-electron chi connectivity index (χ4n) is 3.96. The third-order valence-electron chi connectivity index (χ3n) is 5.69. The summed E-state index contributed by atoms with van der Waals surface area (Å²) >= 11 is 0. The van der Waals surface area contributed by atoms with Crippen molar-refractivity contribution < 1.29 is 28.6 Å². The summed E-state index contributed by atoms with van der Waals surface area (Å²) in [6.07, 6.45) is 1.68. The lowest BCUT2D eigenvalue weighted by Gasteiger charge is -2.22. The Kier molecular flexibility index (Phi) is 6.59. The molecule has 180 valence electrons. The van der Waals surface area contributed by atoms with E-state index in [1.54, 1.807) is 4.57 Å². The van der Waals surface area contributed by atoms with Crippen LogP contribution in [0, 0.1) is 23.6 Å². The van der Waals surface area contributed by atoms with Crippen molar-refractivity contribution in [3.8, 4) is 29.0 Å². The van der Waals surface area contributed by atoms with Gasteiger partial charge < -0.3 is 30.2 Å². The van der Waals surface area contributed by atoms with Crippen molar-refractivity contribution >= 4 is 11.8 Å². The molecule has 34 heavy (non-hydrogen) atoms. The summed E-state index contributed by atoms with van der Waals surface area (Å²) in [7, 11) is 0. The van der Waals surface area contributed by atoms with E-state index in [1.165, 1.54) is 26.0 Å². The molecule has 0 spiro atoms. The van der Waals surface area contributed by atoms with Gasteiger partial charge in [0.15, 0.2) is 5.69 Å². The predicted molar refractivity (Wildman–Crippen MR) is 121 cm³/mol. The lowest BCUT2D eigenvalue weighted by atomic mass is 10.0. The number of primary amides is 1. The van der Waals surface area contributed by atoms with Crippen LogP contribution in [0.3, 0.4) is 0 Å². The SMILES string of the molecule is CC(C)(O)C#Cc1cc2c(cc1F)OCCn1c-2nc(C(N)=O)c1C(=O)NCC1CCOCC1. The highest BCUT2D eigenvalue weighted by atomic mass is 19.1. The molecule has 2 aliphatic heterocycles. The van der Waals surface area contributed by atoms with Gasteiger partial charge in [-0.15, -0.1) is 0 Å². The van der Waals surface area contributed by atoms with Gasteiger partial charge in [0.2, 0.25) is 0 Å². The Morgan fingerprint density at radius 2 is 2.06 bits per heavy atom. The lowest BCUT2D eigenvalue weighted by molar-refractivity contribution is 0.0641. The Labute approximate surface area is 196 Å². The number of aromatic nitrogens is 2. The van der Waals surface area contributed by atoms with E-state index in [4.69, 9.17) is 15.2 Å². The van der Waals surface area contributed by atoms with Crippen LogP contribution in [0.15, 0.2) is 12.1 Å². The van der Waals surface area contributed by atoms with Crippen molar-refractivity contribution in [3.63, 3.8) is 0 Å². The Morgan fingerprint density at radius 1 is 1.32 bits per heavy atom. The number of imidazole rings is 1. The Bertz CT molecular complexity index is 1180. The molecule has 1 saturated heterocycles. The number of aliphatic hydroxyl groups is 1. The van der Waals surface area contributed by atoms with E-state index in [-0.39, 0.29) is 47.6 Å². The molecule has 4 N–H and O–H groups in total. The molecule has 0 unspecified atom stereocenters. The van der Waals surface area contributed by atoms with Gasteiger partial charge in [0.05, 0.1) is 17.7 Å². The molecule has 4 rings (SSSR count). The van der Waals surface area contributed by atoms with Gasteiger partial charge in [-0.3, -0.25) is 9.59 Å². The molecule has 3 heterocycles. The fourth-order valence-corrected chi connectivity index (χ4v) is 3.96. The second-order valence-electron chi connectivity index (χ2n) is 8.90. The van der Waals surface area contributed by atoms with Crippen LogP contribution in [0.1, 0.15) is 53.2 Å². The zero-order valence-electron chi connectivity index (χ0n) is 19.1. The molecule has 0 aliphatic carbocycles. The number of hydrogen-bond acceptors (Lipinski definition) is 6. The summed E-state index contributed by atoms with van der Waals surface area (Å²) in [5.74, 6) is 4.02. The molecule has 0 atom stereocenters. The molecule has 1 aromatic carbocycles. The van der Waals surface area contributed by atoms with Crippen LogP contribution in [-0.4, -0.2) is 58.4 Å². The number of rotatable bonds is 4. The number of fused-ring (bicyclic) bond motifs is 3. The molecular weight excluding hydrogens is 443 g/mol. The first kappa shape index (κ1) is 23.7. The fraction of sp³-hybridized carbons (Fsp3) is 0.458. The minimum atomic E-state index is -1.32. The smallest absolute Gasteiger partial charge is 0.270 e. The first-order valence-corrected chi connectivity index (χ1v) is 11.1. The normalized spacial score (nSPS) is 15.8. The van der Waals surface area contributed by atoms with E-state index in [0.29, 0.717) is 25.3 Å². The van der Waals surface area contributed by atoms with Crippen LogP contribution in [0.4, 0.5) is 4.39 Å². The second-order valence-corrected chi connectivity index (χ2v) is 8.90. The van der Waals surface area contributed by atoms with Gasteiger partial charge in [-0.05, 0) is 38.7 Å². The molecule has 1 aromatic heterocycles. The van der Waals surface area contributed by atoms with Crippen molar-refractivity contribution in [2.45, 2.75) is 38.8 Å². The quantitative estimate of drug-likeness (QED) is 0.581. The zero-order chi connectivity index (χ0) is 24.5. The maximum Gasteiger partial charge on any atom is 0.270 e. The molecular formula is C24H27FN4O5. The third-order valence-corrected chi connectivity index (χ3v) is 5.69. The maximum atomic E-state index is 14.6. The minimum absolute atomic E-state index is 0.0204. The first-order chi connectivity index (χ1) is 16.1. The Hall–Kier alpha value is -3.42. The number of ether oxygens (including phenoxy) is 2. The van der Waals surface area contributed by atoms with Crippen LogP contribution in [0.25, 0.3) is 11.4 Å². The first-order valence-electron chi connectivity index (χ1n) is 11.1. The van der Waals surface area contributed by atoms with Gasteiger partial charge in [0, 0.05) is 25.8 Å². The summed E-state index contributed by atoms with van der Waals surface area (Å²) in [6, 6.07) is 2.62. The third kappa shape index (κ3) is 5.05. The van der Waals surface area contributed by atoms with Crippen molar-refractivity contribution in [2.24, 2.45) is 11.7 Å². The van der Waals surface area contributed by atoms with Crippen molar-refractivity contribution in [1.82, 2.24) is 14.9 Å². The van der Waals surface area contributed by atoms with E-state index >= 15 is 0 Å². The van der Waals surface area contributed by atoms with Crippen molar-refractivity contribution in [1.29, 1.82) is 0 Å². The van der Waals surface area contributed by atoms with Gasteiger partial charge in [0.25, 0.3) is 11.8 Å². The van der Waals surface area contributed by atoms with Gasteiger partial charge in [0.1, 0.15) is 35.3 Å². The minimum Gasteiger partial charge on any atom is -0.491 e. The summed E-state index contributed by atoms with van der Waals surface area (Å²) in [6.45, 7) is 5.05. The molecule has 1 fully saturated rings. The number of nitrogens with one attached hydrogen (secondary N) is 1. The number of halogens is 1. The molecule has 0 bridgehead atoms. The number of carbonyl (C=O) groups excluding carboxylic acids is 2. The van der Waals surface area contributed by atoms with E-state index in [1.807, 2.05) is 0 Å². The zero-order valence-corrected chi connectivity index (χ0v) is 19.1. The van der Waals surface area contributed by atoms with Crippen LogP contribution in [-0.2, 0) is 11.3 Å². The number of nitrogens with two attached hydrogens (primary N) is 1. The number of nitrogens with zero attached hydrogens (tertiary/aromatic N) is 2. The van der Waals surface area contributed by atoms with Crippen LogP contribution < -0.4 is 15.8 Å². The van der Waals surface area contributed by atoms with Gasteiger partial charge in [-0.25, -0.2) is 9.37 Å². The van der Waals surface area contributed by atoms with Crippen LogP contribution in [0.2, 0.25) is 0 Å². The Balaban J connectivity index is 1.74. The van der Waals surface area contributed by atoms with E-state index < -0.39 is 23.2 Å². The summed E-state index contributed by atoms with van der Waals surface area (Å²) in [5, 5.41) is 12.8. The topological polar surface area (TPSA) is 129 Å². The van der Waals surface area contributed by atoms with Gasteiger partial charge in [-0.1, -0.05) is 11.8 Å². The molecule has 9 nitrogen and oxygen atoms in total. The highest BCUT2D eigenvalue weighted by molar-refractivity contribution is 6.05. The van der Waals surface area contributed by atoms with E-state index in [0.717, 1.165) is 12.8 Å². The van der Waals surface area contributed by atoms with E-state index in [2.05, 4.69) is 22.1 Å². The largest absolute Gasteiger partial charge is 0.491 e. The monoisotopic (exact) mass is 470 g/mol. The summed E-state index contributed by atoms with van der Waals surface area (Å²) in [4.78, 5) is 29.7.